The van der Waals surface area contributed by atoms with Crippen LogP contribution in [-0.2, 0) is 16.0 Å². The molecule has 3 heteroatoms. The maximum Gasteiger partial charge on any atom is 0.310 e. The summed E-state index contributed by atoms with van der Waals surface area (Å²) < 4.78 is 4.97. The largest absolute Gasteiger partial charge is 0.466 e. The first kappa shape index (κ1) is 15.0. The SMILES string of the molecule is CCOC(=O)[CH]C1CCN(CCc2ccccc2)CC1. The Morgan fingerprint density at radius 3 is 2.65 bits per heavy atom. The molecule has 0 spiro atoms. The number of esters is 1. The van der Waals surface area contributed by atoms with Crippen LogP contribution in [0.15, 0.2) is 30.3 Å². The Morgan fingerprint density at radius 1 is 1.30 bits per heavy atom. The number of nitrogens with zero attached hydrogens (tertiary/aromatic N) is 1. The van der Waals surface area contributed by atoms with Gasteiger partial charge >= 0.3 is 5.97 Å². The van der Waals surface area contributed by atoms with Crippen molar-refractivity contribution in [2.75, 3.05) is 26.2 Å². The molecule has 0 amide bonds. The van der Waals surface area contributed by atoms with Gasteiger partial charge in [0.05, 0.1) is 13.0 Å². The van der Waals surface area contributed by atoms with Crippen LogP contribution in [0, 0.1) is 12.3 Å². The van der Waals surface area contributed by atoms with Crippen LogP contribution >= 0.6 is 0 Å². The highest BCUT2D eigenvalue weighted by Crippen LogP contribution is 2.20. The van der Waals surface area contributed by atoms with E-state index in [1.807, 2.05) is 6.92 Å². The Balaban J connectivity index is 1.65. The number of carbonyl (C=O) groups excluding carboxylic acids is 1. The number of piperidine rings is 1. The van der Waals surface area contributed by atoms with E-state index in [1.54, 1.807) is 6.42 Å². The zero-order chi connectivity index (χ0) is 14.2. The summed E-state index contributed by atoms with van der Waals surface area (Å²) >= 11 is 0. The fraction of sp³-hybridized carbons (Fsp3) is 0.529. The fourth-order valence-electron chi connectivity index (χ4n) is 2.66. The van der Waals surface area contributed by atoms with Crippen LogP contribution in [-0.4, -0.2) is 37.1 Å². The molecule has 0 aliphatic carbocycles. The zero-order valence-corrected chi connectivity index (χ0v) is 12.3. The van der Waals surface area contributed by atoms with E-state index in [2.05, 4.69) is 35.2 Å². The third-order valence-corrected chi connectivity index (χ3v) is 3.85. The lowest BCUT2D eigenvalue weighted by atomic mass is 9.93. The molecule has 3 nitrogen and oxygen atoms in total. The van der Waals surface area contributed by atoms with E-state index < -0.39 is 0 Å². The van der Waals surface area contributed by atoms with Gasteiger partial charge in [0.1, 0.15) is 0 Å². The lowest BCUT2D eigenvalue weighted by molar-refractivity contribution is -0.139. The molecule has 0 bridgehead atoms. The summed E-state index contributed by atoms with van der Waals surface area (Å²) in [5, 5.41) is 0. The molecule has 2 rings (SSSR count). The number of benzene rings is 1. The van der Waals surface area contributed by atoms with Gasteiger partial charge in [0.15, 0.2) is 0 Å². The van der Waals surface area contributed by atoms with Crippen LogP contribution in [0.5, 0.6) is 0 Å². The predicted octanol–water partition coefficient (Wildman–Crippen LogP) is 2.71. The smallest absolute Gasteiger partial charge is 0.310 e. The lowest BCUT2D eigenvalue weighted by Gasteiger charge is -2.31. The van der Waals surface area contributed by atoms with Crippen LogP contribution in [0.1, 0.15) is 25.3 Å². The molecule has 0 N–H and O–H groups in total. The first-order valence-electron chi connectivity index (χ1n) is 7.56. The van der Waals surface area contributed by atoms with Crippen LogP contribution in [0.25, 0.3) is 0 Å². The molecule has 1 aliphatic heterocycles. The Labute approximate surface area is 121 Å². The van der Waals surface area contributed by atoms with Gasteiger partial charge in [-0.2, -0.15) is 0 Å². The second-order valence-electron chi connectivity index (χ2n) is 5.33. The topological polar surface area (TPSA) is 29.5 Å². The monoisotopic (exact) mass is 274 g/mol. The fourth-order valence-corrected chi connectivity index (χ4v) is 2.66. The molecule has 20 heavy (non-hydrogen) atoms. The molecule has 1 fully saturated rings. The minimum atomic E-state index is -0.157. The molecule has 0 atom stereocenters. The molecule has 0 aromatic heterocycles. The molecule has 0 unspecified atom stereocenters. The zero-order valence-electron chi connectivity index (χ0n) is 12.3. The van der Waals surface area contributed by atoms with Crippen molar-refractivity contribution in [2.45, 2.75) is 26.2 Å². The maximum absolute atomic E-state index is 11.4. The highest BCUT2D eigenvalue weighted by molar-refractivity contribution is 5.79. The Bertz CT molecular complexity index is 397. The second kappa shape index (κ2) is 8.05. The Kier molecular flexibility index (Phi) is 6.06. The van der Waals surface area contributed by atoms with Gasteiger partial charge in [-0.15, -0.1) is 0 Å². The molecule has 1 aromatic rings. The van der Waals surface area contributed by atoms with Crippen molar-refractivity contribution in [1.29, 1.82) is 0 Å². The van der Waals surface area contributed by atoms with Crippen molar-refractivity contribution >= 4 is 5.97 Å². The van der Waals surface area contributed by atoms with E-state index in [-0.39, 0.29) is 5.97 Å². The van der Waals surface area contributed by atoms with Crippen molar-refractivity contribution in [1.82, 2.24) is 4.90 Å². The van der Waals surface area contributed by atoms with E-state index >= 15 is 0 Å². The number of ether oxygens (including phenoxy) is 1. The Morgan fingerprint density at radius 2 is 2.00 bits per heavy atom. The first-order chi connectivity index (χ1) is 9.78. The van der Waals surface area contributed by atoms with Gasteiger partial charge in [-0.25, -0.2) is 0 Å². The molecule has 1 saturated heterocycles. The second-order valence-corrected chi connectivity index (χ2v) is 5.33. The minimum Gasteiger partial charge on any atom is -0.466 e. The number of hydrogen-bond donors (Lipinski definition) is 0. The molecule has 1 radical (unpaired) electrons. The number of carbonyl (C=O) groups is 1. The van der Waals surface area contributed by atoms with Gasteiger partial charge in [-0.05, 0) is 50.8 Å². The number of hydrogen-bond acceptors (Lipinski definition) is 3. The molecule has 1 aromatic carbocycles. The molecule has 1 heterocycles. The summed E-state index contributed by atoms with van der Waals surface area (Å²) in [6.45, 7) is 5.57. The third kappa shape index (κ3) is 4.97. The summed E-state index contributed by atoms with van der Waals surface area (Å²) in [7, 11) is 0. The summed E-state index contributed by atoms with van der Waals surface area (Å²) in [5.41, 5.74) is 1.40. The average molecular weight is 274 g/mol. The maximum atomic E-state index is 11.4. The van der Waals surface area contributed by atoms with E-state index in [0.29, 0.717) is 12.5 Å². The summed E-state index contributed by atoms with van der Waals surface area (Å²) in [6, 6.07) is 10.6. The molecule has 0 saturated carbocycles. The van der Waals surface area contributed by atoms with E-state index in [9.17, 15) is 4.79 Å². The first-order valence-corrected chi connectivity index (χ1v) is 7.56. The van der Waals surface area contributed by atoms with E-state index in [4.69, 9.17) is 4.74 Å². The molecule has 1 aliphatic rings. The number of rotatable bonds is 6. The van der Waals surface area contributed by atoms with Gasteiger partial charge in [0.2, 0.25) is 0 Å². The molecular formula is C17H24NO2. The van der Waals surface area contributed by atoms with E-state index in [0.717, 1.165) is 38.9 Å². The van der Waals surface area contributed by atoms with Crippen LogP contribution in [0.2, 0.25) is 0 Å². The normalized spacial score (nSPS) is 17.1. The van der Waals surface area contributed by atoms with Crippen LogP contribution in [0.3, 0.4) is 0 Å². The number of likely N-dealkylation sites (tertiary alicyclic amines) is 1. The third-order valence-electron chi connectivity index (χ3n) is 3.85. The van der Waals surface area contributed by atoms with Crippen LogP contribution in [0.4, 0.5) is 0 Å². The van der Waals surface area contributed by atoms with E-state index in [1.165, 1.54) is 5.56 Å². The van der Waals surface area contributed by atoms with Gasteiger partial charge in [-0.3, -0.25) is 4.79 Å². The lowest BCUT2D eigenvalue weighted by Crippen LogP contribution is -2.36. The van der Waals surface area contributed by atoms with Crippen molar-refractivity contribution in [2.24, 2.45) is 5.92 Å². The van der Waals surface area contributed by atoms with Gasteiger partial charge < -0.3 is 9.64 Å². The standard InChI is InChI=1S/C17H24NO2/c1-2-20-17(19)14-16-9-12-18(13-10-16)11-8-15-6-4-3-5-7-15/h3-7,14,16H,2,8-13H2,1H3. The molecular weight excluding hydrogens is 250 g/mol. The van der Waals surface area contributed by atoms with Gasteiger partial charge in [-0.1, -0.05) is 30.3 Å². The quantitative estimate of drug-likeness (QED) is 0.747. The van der Waals surface area contributed by atoms with Gasteiger partial charge in [0, 0.05) is 6.54 Å². The van der Waals surface area contributed by atoms with Gasteiger partial charge in [0.25, 0.3) is 0 Å². The van der Waals surface area contributed by atoms with Crippen LogP contribution < -0.4 is 0 Å². The summed E-state index contributed by atoms with van der Waals surface area (Å²) in [6.07, 6.45) is 4.99. The summed E-state index contributed by atoms with van der Waals surface area (Å²) in [5.74, 6) is 0.234. The summed E-state index contributed by atoms with van der Waals surface area (Å²) in [4.78, 5) is 13.9. The minimum absolute atomic E-state index is 0.157. The predicted molar refractivity (Wildman–Crippen MR) is 80.2 cm³/mol. The van der Waals surface area contributed by atoms with Crippen molar-refractivity contribution in [3.05, 3.63) is 42.3 Å². The average Bonchev–Trinajstić information content (AvgIpc) is 2.48. The van der Waals surface area contributed by atoms with Crippen molar-refractivity contribution in [3.8, 4) is 0 Å². The Hall–Kier alpha value is -1.35. The molecule has 109 valence electrons. The van der Waals surface area contributed by atoms with Crippen molar-refractivity contribution < 1.29 is 9.53 Å². The highest BCUT2D eigenvalue weighted by Gasteiger charge is 2.22. The van der Waals surface area contributed by atoms with Crippen molar-refractivity contribution in [3.63, 3.8) is 0 Å². The highest BCUT2D eigenvalue weighted by atomic mass is 16.5.